The average Bonchev–Trinajstić information content (AvgIpc) is 3.14. The van der Waals surface area contributed by atoms with Crippen LogP contribution < -0.4 is 5.32 Å². The highest BCUT2D eigenvalue weighted by Gasteiger charge is 2.15. The number of carbonyl (C=O) groups excluding carboxylic acids is 2. The lowest BCUT2D eigenvalue weighted by molar-refractivity contribution is -0.384. The molecule has 8 nitrogen and oxygen atoms in total. The van der Waals surface area contributed by atoms with E-state index in [0.717, 1.165) is 11.3 Å². The summed E-state index contributed by atoms with van der Waals surface area (Å²) in [6, 6.07) is 12.0. The molecule has 1 aromatic heterocycles. The number of hydrogen-bond donors (Lipinski definition) is 1. The van der Waals surface area contributed by atoms with Crippen LogP contribution in [0.1, 0.15) is 20.7 Å². The van der Waals surface area contributed by atoms with Crippen molar-refractivity contribution in [2.24, 2.45) is 0 Å². The Morgan fingerprint density at radius 1 is 1.14 bits per heavy atom. The molecule has 0 saturated heterocycles. The van der Waals surface area contributed by atoms with Gasteiger partial charge >= 0.3 is 0 Å². The molecule has 0 unspecified atom stereocenters. The lowest BCUT2D eigenvalue weighted by atomic mass is 10.1. The summed E-state index contributed by atoms with van der Waals surface area (Å²) in [4.78, 5) is 34.6. The van der Waals surface area contributed by atoms with Crippen molar-refractivity contribution in [2.75, 3.05) is 11.1 Å². The van der Waals surface area contributed by atoms with E-state index >= 15 is 0 Å². The third-order valence-corrected chi connectivity index (χ3v) is 5.66. The highest BCUT2D eigenvalue weighted by Crippen LogP contribution is 2.27. The summed E-state index contributed by atoms with van der Waals surface area (Å²) in [6.07, 6.45) is 0. The van der Waals surface area contributed by atoms with Crippen molar-refractivity contribution < 1.29 is 14.5 Å². The SMILES string of the molecule is O=C(CSc1nnc(NC(=O)c2cccc([N+](=O)[O-])c2)s1)c1ccc(Cl)cc1. The highest BCUT2D eigenvalue weighted by atomic mass is 35.5. The van der Waals surface area contributed by atoms with Crippen LogP contribution in [0.5, 0.6) is 0 Å². The normalized spacial score (nSPS) is 10.5. The zero-order valence-electron chi connectivity index (χ0n) is 14.0. The molecule has 0 aliphatic rings. The number of anilines is 1. The Hall–Kier alpha value is -2.82. The van der Waals surface area contributed by atoms with Crippen molar-refractivity contribution >= 4 is 57.2 Å². The van der Waals surface area contributed by atoms with E-state index in [9.17, 15) is 19.7 Å². The molecule has 1 heterocycles. The van der Waals surface area contributed by atoms with Crippen LogP contribution in [0.2, 0.25) is 5.02 Å². The van der Waals surface area contributed by atoms with Crippen molar-refractivity contribution in [2.45, 2.75) is 4.34 Å². The Morgan fingerprint density at radius 3 is 2.61 bits per heavy atom. The van der Waals surface area contributed by atoms with Crippen LogP contribution >= 0.6 is 34.7 Å². The van der Waals surface area contributed by atoms with Gasteiger partial charge in [-0.25, -0.2) is 0 Å². The minimum Gasteiger partial charge on any atom is -0.296 e. The number of nitro benzene ring substituents is 1. The Kier molecular flexibility index (Phi) is 6.34. The number of amides is 1. The number of benzene rings is 2. The summed E-state index contributed by atoms with van der Waals surface area (Å²) in [6.45, 7) is 0. The molecule has 0 radical (unpaired) electrons. The van der Waals surface area contributed by atoms with Crippen LogP contribution in [0.15, 0.2) is 52.9 Å². The molecule has 0 saturated carbocycles. The van der Waals surface area contributed by atoms with E-state index in [-0.39, 0.29) is 27.9 Å². The third-order valence-electron chi connectivity index (χ3n) is 3.44. The maximum Gasteiger partial charge on any atom is 0.270 e. The summed E-state index contributed by atoms with van der Waals surface area (Å²) < 4.78 is 0.511. The van der Waals surface area contributed by atoms with E-state index in [2.05, 4.69) is 15.5 Å². The summed E-state index contributed by atoms with van der Waals surface area (Å²) in [5.41, 5.74) is 0.499. The van der Waals surface area contributed by atoms with Gasteiger partial charge in [0.2, 0.25) is 5.13 Å². The smallest absolute Gasteiger partial charge is 0.270 e. The zero-order valence-corrected chi connectivity index (χ0v) is 16.4. The van der Waals surface area contributed by atoms with Crippen LogP contribution in [0, 0.1) is 10.1 Å². The van der Waals surface area contributed by atoms with Gasteiger partial charge in [0.25, 0.3) is 11.6 Å². The van der Waals surface area contributed by atoms with Gasteiger partial charge in [0.1, 0.15) is 0 Å². The molecule has 3 rings (SSSR count). The van der Waals surface area contributed by atoms with E-state index in [4.69, 9.17) is 11.6 Å². The maximum absolute atomic E-state index is 12.2. The Balaban J connectivity index is 1.58. The van der Waals surface area contributed by atoms with Crippen LogP contribution in [0.25, 0.3) is 0 Å². The van der Waals surface area contributed by atoms with Crippen molar-refractivity contribution in [1.82, 2.24) is 10.2 Å². The molecule has 0 spiro atoms. The highest BCUT2D eigenvalue weighted by molar-refractivity contribution is 8.01. The molecule has 0 atom stereocenters. The lowest BCUT2D eigenvalue weighted by Crippen LogP contribution is -2.11. The van der Waals surface area contributed by atoms with Gasteiger partial charge in [-0.05, 0) is 30.3 Å². The van der Waals surface area contributed by atoms with Gasteiger partial charge in [0.15, 0.2) is 10.1 Å². The van der Waals surface area contributed by atoms with Crippen molar-refractivity contribution in [1.29, 1.82) is 0 Å². The third kappa shape index (κ3) is 5.12. The maximum atomic E-state index is 12.2. The molecule has 3 aromatic rings. The predicted octanol–water partition coefficient (Wildman–Crippen LogP) is 4.33. The van der Waals surface area contributed by atoms with E-state index in [1.54, 1.807) is 24.3 Å². The molecular weight excluding hydrogens is 424 g/mol. The first-order valence-corrected chi connectivity index (χ1v) is 9.91. The number of thioether (sulfide) groups is 1. The molecule has 1 amide bonds. The Morgan fingerprint density at radius 2 is 1.89 bits per heavy atom. The number of nitro groups is 1. The molecule has 11 heteroatoms. The predicted molar refractivity (Wildman–Crippen MR) is 107 cm³/mol. The molecular formula is C17H11ClN4O4S2. The summed E-state index contributed by atoms with van der Waals surface area (Å²) >= 11 is 8.11. The first-order chi connectivity index (χ1) is 13.4. The molecule has 0 bridgehead atoms. The second-order valence-electron chi connectivity index (χ2n) is 5.35. The van der Waals surface area contributed by atoms with Crippen LogP contribution in [0.4, 0.5) is 10.8 Å². The van der Waals surface area contributed by atoms with Gasteiger partial charge in [0, 0.05) is 28.3 Å². The summed E-state index contributed by atoms with van der Waals surface area (Å²) in [5.74, 6) is -0.456. The summed E-state index contributed by atoms with van der Waals surface area (Å²) in [7, 11) is 0. The number of nitrogens with one attached hydrogen (secondary N) is 1. The fourth-order valence-corrected chi connectivity index (χ4v) is 3.86. The van der Waals surface area contributed by atoms with Gasteiger partial charge in [-0.2, -0.15) is 0 Å². The standard InChI is InChI=1S/C17H11ClN4O4S2/c18-12-6-4-10(5-7-12)14(23)9-27-17-21-20-16(28-17)19-15(24)11-2-1-3-13(8-11)22(25)26/h1-8H,9H2,(H,19,20,24). The molecule has 142 valence electrons. The zero-order chi connectivity index (χ0) is 20.1. The van der Waals surface area contributed by atoms with Crippen molar-refractivity contribution in [3.8, 4) is 0 Å². The number of aromatic nitrogens is 2. The number of hydrogen-bond acceptors (Lipinski definition) is 8. The first kappa shape index (κ1) is 19.9. The fraction of sp³-hybridized carbons (Fsp3) is 0.0588. The van der Waals surface area contributed by atoms with Gasteiger partial charge in [-0.3, -0.25) is 25.0 Å². The van der Waals surface area contributed by atoms with Crippen LogP contribution in [0.3, 0.4) is 0 Å². The molecule has 0 aliphatic carbocycles. The molecule has 1 N–H and O–H groups in total. The van der Waals surface area contributed by atoms with E-state index < -0.39 is 10.8 Å². The second-order valence-corrected chi connectivity index (χ2v) is 7.99. The van der Waals surface area contributed by atoms with Gasteiger partial charge in [-0.15, -0.1) is 10.2 Å². The van der Waals surface area contributed by atoms with Crippen molar-refractivity contribution in [3.05, 3.63) is 74.8 Å². The summed E-state index contributed by atoms with van der Waals surface area (Å²) in [5, 5.41) is 21.9. The minimum atomic E-state index is -0.575. The van der Waals surface area contributed by atoms with Gasteiger partial charge < -0.3 is 0 Å². The second kappa shape index (κ2) is 8.91. The molecule has 0 aliphatic heterocycles. The van der Waals surface area contributed by atoms with Crippen LogP contribution in [-0.2, 0) is 0 Å². The lowest BCUT2D eigenvalue weighted by Gasteiger charge is -2.01. The van der Waals surface area contributed by atoms with E-state index in [0.29, 0.717) is 14.9 Å². The number of halogens is 1. The Labute approximate surface area is 172 Å². The Bertz CT molecular complexity index is 1040. The molecule has 2 aromatic carbocycles. The molecule has 0 fully saturated rings. The first-order valence-electron chi connectivity index (χ1n) is 7.73. The van der Waals surface area contributed by atoms with Gasteiger partial charge in [0.05, 0.1) is 10.7 Å². The number of Topliss-reactive ketones (excluding diaryl/α,β-unsaturated/α-hetero) is 1. The monoisotopic (exact) mass is 434 g/mol. The number of nitrogens with zero attached hydrogens (tertiary/aromatic N) is 3. The topological polar surface area (TPSA) is 115 Å². The fourth-order valence-electron chi connectivity index (χ4n) is 2.10. The quantitative estimate of drug-likeness (QED) is 0.193. The van der Waals surface area contributed by atoms with Gasteiger partial charge in [-0.1, -0.05) is 40.8 Å². The molecule has 28 heavy (non-hydrogen) atoms. The average molecular weight is 435 g/mol. The van der Waals surface area contributed by atoms with Crippen LogP contribution in [-0.4, -0.2) is 32.6 Å². The number of carbonyl (C=O) groups is 2. The minimum absolute atomic E-state index is 0.0842. The number of ketones is 1. The van der Waals surface area contributed by atoms with E-state index in [1.807, 2.05) is 0 Å². The number of rotatable bonds is 7. The van der Waals surface area contributed by atoms with Crippen molar-refractivity contribution in [3.63, 3.8) is 0 Å². The van der Waals surface area contributed by atoms with E-state index in [1.165, 1.54) is 36.0 Å². The number of non-ortho nitro benzene ring substituents is 1. The largest absolute Gasteiger partial charge is 0.296 e.